The van der Waals surface area contributed by atoms with Crippen LogP contribution >= 0.6 is 0 Å². The second-order valence-electron chi connectivity index (χ2n) is 6.22. The zero-order chi connectivity index (χ0) is 24.8. The van der Waals surface area contributed by atoms with Crippen LogP contribution in [0, 0.1) is 0 Å². The SMILES string of the molecule is CCOC(=O)COc1cc(N)ccc1N(CC(=O)OCOC(C)=O)CC(=O)OCOC(C)=O. The summed E-state index contributed by atoms with van der Waals surface area (Å²) in [4.78, 5) is 58.9. The first-order valence-electron chi connectivity index (χ1n) is 9.63. The molecule has 0 saturated carbocycles. The Kier molecular flexibility index (Phi) is 11.5. The molecule has 0 saturated heterocycles. The van der Waals surface area contributed by atoms with Crippen LogP contribution in [0.4, 0.5) is 11.4 Å². The molecule has 13 heteroatoms. The molecule has 33 heavy (non-hydrogen) atoms. The van der Waals surface area contributed by atoms with Gasteiger partial charge in [-0.05, 0) is 19.1 Å². The summed E-state index contributed by atoms with van der Waals surface area (Å²) in [6, 6.07) is 4.32. The number of rotatable bonds is 13. The van der Waals surface area contributed by atoms with Crippen LogP contribution in [0.15, 0.2) is 18.2 Å². The van der Waals surface area contributed by atoms with Gasteiger partial charge in [-0.3, -0.25) is 19.2 Å². The summed E-state index contributed by atoms with van der Waals surface area (Å²) in [7, 11) is 0. The van der Waals surface area contributed by atoms with Gasteiger partial charge in [0.25, 0.3) is 0 Å². The highest BCUT2D eigenvalue weighted by Crippen LogP contribution is 2.31. The minimum absolute atomic E-state index is 0.0728. The van der Waals surface area contributed by atoms with Gasteiger partial charge in [0.05, 0.1) is 12.3 Å². The summed E-state index contributed by atoms with van der Waals surface area (Å²) in [6.45, 7) is 1.38. The Hall–Kier alpha value is -4.03. The number of nitrogens with two attached hydrogens (primary N) is 1. The average molecular weight is 470 g/mol. The second-order valence-corrected chi connectivity index (χ2v) is 6.22. The monoisotopic (exact) mass is 470 g/mol. The maximum atomic E-state index is 12.2. The fourth-order valence-electron chi connectivity index (χ4n) is 2.23. The number of benzene rings is 1. The van der Waals surface area contributed by atoms with E-state index < -0.39 is 63.1 Å². The zero-order valence-electron chi connectivity index (χ0n) is 18.5. The van der Waals surface area contributed by atoms with E-state index in [1.807, 2.05) is 0 Å². The number of esters is 5. The summed E-state index contributed by atoms with van der Waals surface area (Å²) in [5.74, 6) is -3.57. The molecular weight excluding hydrogens is 444 g/mol. The van der Waals surface area contributed by atoms with Gasteiger partial charge in [-0.1, -0.05) is 0 Å². The normalized spacial score (nSPS) is 9.91. The molecular formula is C20H26N2O11. The molecule has 0 bridgehead atoms. The first-order valence-corrected chi connectivity index (χ1v) is 9.63. The summed E-state index contributed by atoms with van der Waals surface area (Å²) in [6.07, 6.45) is 0. The van der Waals surface area contributed by atoms with Gasteiger partial charge < -0.3 is 39.1 Å². The van der Waals surface area contributed by atoms with Gasteiger partial charge in [0, 0.05) is 25.6 Å². The fourth-order valence-corrected chi connectivity index (χ4v) is 2.23. The van der Waals surface area contributed by atoms with Crippen LogP contribution in [0.5, 0.6) is 5.75 Å². The largest absolute Gasteiger partial charge is 0.480 e. The van der Waals surface area contributed by atoms with E-state index in [9.17, 15) is 24.0 Å². The van der Waals surface area contributed by atoms with E-state index in [-0.39, 0.29) is 23.7 Å². The lowest BCUT2D eigenvalue weighted by Gasteiger charge is -2.25. The highest BCUT2D eigenvalue weighted by atomic mass is 16.7. The average Bonchev–Trinajstić information content (AvgIpc) is 2.71. The zero-order valence-corrected chi connectivity index (χ0v) is 18.5. The first-order chi connectivity index (χ1) is 15.6. The molecule has 0 aliphatic carbocycles. The van der Waals surface area contributed by atoms with Crippen LogP contribution in [0.25, 0.3) is 0 Å². The van der Waals surface area contributed by atoms with E-state index in [0.717, 1.165) is 13.8 Å². The number of nitrogens with zero attached hydrogens (tertiary/aromatic N) is 1. The second kappa shape index (κ2) is 14.1. The molecule has 0 aromatic heterocycles. The molecule has 0 radical (unpaired) electrons. The third-order valence-electron chi connectivity index (χ3n) is 3.58. The molecule has 182 valence electrons. The lowest BCUT2D eigenvalue weighted by Crippen LogP contribution is -2.37. The minimum Gasteiger partial charge on any atom is -0.480 e. The molecule has 0 amide bonds. The summed E-state index contributed by atoms with van der Waals surface area (Å²) in [5.41, 5.74) is 6.27. The number of hydrogen-bond acceptors (Lipinski definition) is 13. The van der Waals surface area contributed by atoms with Crippen molar-refractivity contribution in [2.45, 2.75) is 20.8 Å². The molecule has 0 heterocycles. The van der Waals surface area contributed by atoms with Gasteiger partial charge in [-0.15, -0.1) is 0 Å². The van der Waals surface area contributed by atoms with Crippen molar-refractivity contribution in [3.63, 3.8) is 0 Å². The molecule has 0 aliphatic heterocycles. The van der Waals surface area contributed by atoms with Crippen LogP contribution in [0.3, 0.4) is 0 Å². The number of carbonyl (C=O) groups is 5. The van der Waals surface area contributed by atoms with Crippen molar-refractivity contribution < 1.29 is 52.4 Å². The Morgan fingerprint density at radius 1 is 0.818 bits per heavy atom. The standard InChI is InChI=1S/C20H26N2O11/c1-4-28-20(27)10-29-17-7-15(21)5-6-16(17)22(8-18(25)32-11-30-13(2)23)9-19(26)33-12-31-14(3)24/h5-7H,4,8-12,21H2,1-3H3. The molecule has 0 aliphatic rings. The summed E-state index contributed by atoms with van der Waals surface area (Å²) >= 11 is 0. The first kappa shape index (κ1) is 27.0. The molecule has 0 spiro atoms. The molecule has 13 nitrogen and oxygen atoms in total. The van der Waals surface area contributed by atoms with Crippen molar-refractivity contribution in [1.82, 2.24) is 0 Å². The van der Waals surface area contributed by atoms with Gasteiger partial charge in [0.1, 0.15) is 18.8 Å². The van der Waals surface area contributed by atoms with E-state index in [0.29, 0.717) is 0 Å². The van der Waals surface area contributed by atoms with Gasteiger partial charge in [-0.2, -0.15) is 0 Å². The lowest BCUT2D eigenvalue weighted by atomic mass is 10.2. The van der Waals surface area contributed by atoms with E-state index in [2.05, 4.69) is 9.47 Å². The highest BCUT2D eigenvalue weighted by Gasteiger charge is 2.22. The Morgan fingerprint density at radius 2 is 1.36 bits per heavy atom. The molecule has 1 rings (SSSR count). The Bertz CT molecular complexity index is 822. The third kappa shape index (κ3) is 11.2. The van der Waals surface area contributed by atoms with Crippen molar-refractivity contribution in [2.75, 3.05) is 50.5 Å². The van der Waals surface area contributed by atoms with Crippen LogP contribution in [-0.2, 0) is 47.7 Å². The number of anilines is 2. The summed E-state index contributed by atoms with van der Waals surface area (Å²) < 4.78 is 29.0. The topological polar surface area (TPSA) is 170 Å². The summed E-state index contributed by atoms with van der Waals surface area (Å²) in [5, 5.41) is 0. The molecule has 2 N–H and O–H groups in total. The van der Waals surface area contributed by atoms with Gasteiger partial charge in [0.15, 0.2) is 6.61 Å². The van der Waals surface area contributed by atoms with Crippen molar-refractivity contribution in [3.8, 4) is 5.75 Å². The lowest BCUT2D eigenvalue weighted by molar-refractivity contribution is -0.165. The number of hydrogen-bond donors (Lipinski definition) is 1. The smallest absolute Gasteiger partial charge is 0.344 e. The Balaban J connectivity index is 3.03. The van der Waals surface area contributed by atoms with Crippen molar-refractivity contribution >= 4 is 41.2 Å². The number of ether oxygens (including phenoxy) is 6. The molecule has 1 aromatic carbocycles. The maximum Gasteiger partial charge on any atom is 0.344 e. The fraction of sp³-hybridized carbons (Fsp3) is 0.450. The van der Waals surface area contributed by atoms with E-state index >= 15 is 0 Å². The van der Waals surface area contributed by atoms with E-state index in [1.165, 1.54) is 23.1 Å². The van der Waals surface area contributed by atoms with Gasteiger partial charge >= 0.3 is 29.8 Å². The predicted octanol–water partition coefficient (Wildman–Crippen LogP) is 0.145. The van der Waals surface area contributed by atoms with Crippen molar-refractivity contribution in [3.05, 3.63) is 18.2 Å². The Morgan fingerprint density at radius 3 is 1.85 bits per heavy atom. The minimum atomic E-state index is -0.850. The quantitative estimate of drug-likeness (QED) is 0.179. The maximum absolute atomic E-state index is 12.2. The van der Waals surface area contributed by atoms with Crippen LogP contribution in [0.1, 0.15) is 20.8 Å². The highest BCUT2D eigenvalue weighted by molar-refractivity contribution is 5.83. The molecule has 0 atom stereocenters. The molecule has 0 unspecified atom stereocenters. The predicted molar refractivity (Wildman–Crippen MR) is 111 cm³/mol. The van der Waals surface area contributed by atoms with Crippen molar-refractivity contribution in [1.29, 1.82) is 0 Å². The van der Waals surface area contributed by atoms with Crippen LogP contribution < -0.4 is 15.4 Å². The van der Waals surface area contributed by atoms with Gasteiger partial charge in [0.2, 0.25) is 13.6 Å². The van der Waals surface area contributed by atoms with E-state index in [4.69, 9.17) is 24.7 Å². The molecule has 1 aromatic rings. The Labute approximate surface area is 189 Å². The van der Waals surface area contributed by atoms with E-state index in [1.54, 1.807) is 6.92 Å². The van der Waals surface area contributed by atoms with Crippen molar-refractivity contribution in [2.24, 2.45) is 0 Å². The third-order valence-corrected chi connectivity index (χ3v) is 3.58. The molecule has 0 fully saturated rings. The van der Waals surface area contributed by atoms with Gasteiger partial charge in [-0.25, -0.2) is 4.79 Å². The number of nitrogen functional groups attached to an aromatic ring is 1. The van der Waals surface area contributed by atoms with Crippen LogP contribution in [0.2, 0.25) is 0 Å². The van der Waals surface area contributed by atoms with Crippen LogP contribution in [-0.4, -0.2) is 69.7 Å². The number of carbonyl (C=O) groups excluding carboxylic acids is 5.